The van der Waals surface area contributed by atoms with Crippen molar-refractivity contribution in [2.24, 2.45) is 0 Å². The van der Waals surface area contributed by atoms with Crippen LogP contribution in [0, 0.1) is 17.7 Å². The van der Waals surface area contributed by atoms with Gasteiger partial charge < -0.3 is 20.1 Å². The van der Waals surface area contributed by atoms with Gasteiger partial charge in [0.15, 0.2) is 0 Å². The molecule has 1 aromatic heterocycles. The van der Waals surface area contributed by atoms with Crippen molar-refractivity contribution in [3.8, 4) is 17.7 Å². The Balaban J connectivity index is 1.52. The third kappa shape index (κ3) is 8.91. The average molecular weight is 526 g/mol. The van der Waals surface area contributed by atoms with Crippen LogP contribution in [0.2, 0.25) is 0 Å². The normalized spacial score (nSPS) is 13.8. The highest BCUT2D eigenvalue weighted by atomic mass is 19.1. The Hall–Kier alpha value is -3.87. The summed E-state index contributed by atoms with van der Waals surface area (Å²) < 4.78 is 24.8. The summed E-state index contributed by atoms with van der Waals surface area (Å²) in [5, 5.41) is 5.81. The Morgan fingerprint density at radius 2 is 2.05 bits per heavy atom. The molecular weight excluding hydrogens is 489 g/mol. The summed E-state index contributed by atoms with van der Waals surface area (Å²) in [7, 11) is 1.54. The third-order valence-corrected chi connectivity index (χ3v) is 5.81. The van der Waals surface area contributed by atoms with Crippen LogP contribution in [-0.2, 0) is 9.53 Å². The van der Waals surface area contributed by atoms with Crippen LogP contribution in [0.3, 0.4) is 0 Å². The lowest BCUT2D eigenvalue weighted by atomic mass is 9.96. The maximum Gasteiger partial charge on any atom is 0.410 e. The fourth-order valence-corrected chi connectivity index (χ4v) is 3.31. The van der Waals surface area contributed by atoms with E-state index in [1.54, 1.807) is 46.0 Å². The van der Waals surface area contributed by atoms with Gasteiger partial charge in [-0.15, -0.1) is 0 Å². The van der Waals surface area contributed by atoms with E-state index in [0.29, 0.717) is 42.5 Å². The molecule has 38 heavy (non-hydrogen) atoms. The molecule has 0 radical (unpaired) electrons. The van der Waals surface area contributed by atoms with Crippen LogP contribution in [0.1, 0.15) is 65.4 Å². The van der Waals surface area contributed by atoms with Crippen molar-refractivity contribution < 1.29 is 23.5 Å². The Morgan fingerprint density at radius 3 is 2.71 bits per heavy atom. The van der Waals surface area contributed by atoms with Crippen LogP contribution < -0.4 is 15.4 Å². The third-order valence-electron chi connectivity index (χ3n) is 5.81. The number of likely N-dealkylation sites (N-methyl/N-ethyl adjacent to an activating group) is 1. The van der Waals surface area contributed by atoms with E-state index in [1.807, 2.05) is 0 Å². The Morgan fingerprint density at radius 1 is 1.29 bits per heavy atom. The zero-order valence-electron chi connectivity index (χ0n) is 22.6. The van der Waals surface area contributed by atoms with Gasteiger partial charge in [0.05, 0.1) is 6.20 Å². The molecule has 1 heterocycles. The second kappa shape index (κ2) is 13.1. The molecule has 204 valence electrons. The molecule has 0 aliphatic heterocycles. The summed E-state index contributed by atoms with van der Waals surface area (Å²) in [6, 6.07) is 5.38. The number of halogens is 1. The van der Waals surface area contributed by atoms with E-state index < -0.39 is 17.7 Å². The lowest BCUT2D eigenvalue weighted by Crippen LogP contribution is -2.47. The lowest BCUT2D eigenvalue weighted by molar-refractivity contribution is -0.125. The molecule has 0 spiro atoms. The molecule has 2 amide bonds. The maximum absolute atomic E-state index is 13.5. The van der Waals surface area contributed by atoms with Crippen molar-refractivity contribution in [1.82, 2.24) is 20.2 Å². The first-order valence-electron chi connectivity index (χ1n) is 12.8. The number of nitrogens with one attached hydrogen (secondary N) is 2. The van der Waals surface area contributed by atoms with Crippen molar-refractivity contribution in [2.45, 2.75) is 77.5 Å². The molecule has 1 aromatic carbocycles. The van der Waals surface area contributed by atoms with Gasteiger partial charge in [-0.1, -0.05) is 17.9 Å². The van der Waals surface area contributed by atoms with Crippen LogP contribution >= 0.6 is 0 Å². The first-order valence-corrected chi connectivity index (χ1v) is 12.8. The highest BCUT2D eigenvalue weighted by Gasteiger charge is 2.26. The number of hydrogen-bond donors (Lipinski definition) is 2. The van der Waals surface area contributed by atoms with Crippen LogP contribution in [0.25, 0.3) is 0 Å². The number of aromatic nitrogens is 2. The largest absolute Gasteiger partial charge is 0.473 e. The minimum absolute atomic E-state index is 0.100. The average Bonchev–Trinajstić information content (AvgIpc) is 2.82. The molecule has 0 bridgehead atoms. The zero-order chi connectivity index (χ0) is 27.7. The van der Waals surface area contributed by atoms with Gasteiger partial charge in [0, 0.05) is 25.7 Å². The Labute approximate surface area is 223 Å². The number of anilines is 2. The molecule has 3 rings (SSSR count). The molecule has 1 aliphatic rings. The van der Waals surface area contributed by atoms with Gasteiger partial charge in [-0.2, -0.15) is 4.98 Å². The lowest BCUT2D eigenvalue weighted by Gasteiger charge is -2.28. The van der Waals surface area contributed by atoms with Gasteiger partial charge in [-0.3, -0.25) is 9.69 Å². The standard InChI is InChI=1S/C28H36FN5O4/c1-19(34(5)27(36)38-28(2,3)4)24(35)30-16-8-6-7-11-20-18-31-26(32-22-13-9-12-21(29)17-22)33-25(20)37-23-14-10-15-23/h9,12-13,17-19,23H,6,8,10,14-16H2,1-5H3,(H,30,35)(H,31,32,33)/t19-/m0/s1. The number of carbonyl (C=O) groups is 2. The Bertz CT molecular complexity index is 1180. The molecule has 1 fully saturated rings. The van der Waals surface area contributed by atoms with Gasteiger partial charge in [0.25, 0.3) is 0 Å². The molecule has 0 saturated heterocycles. The first kappa shape index (κ1) is 28.7. The van der Waals surface area contributed by atoms with Gasteiger partial charge in [-0.25, -0.2) is 14.2 Å². The van der Waals surface area contributed by atoms with E-state index in [4.69, 9.17) is 9.47 Å². The van der Waals surface area contributed by atoms with Crippen molar-refractivity contribution in [3.05, 3.63) is 41.8 Å². The monoisotopic (exact) mass is 525 g/mol. The number of benzene rings is 1. The second-order valence-corrected chi connectivity index (χ2v) is 10.2. The van der Waals surface area contributed by atoms with Crippen LogP contribution in [0.4, 0.5) is 20.8 Å². The smallest absolute Gasteiger partial charge is 0.410 e. The maximum atomic E-state index is 13.5. The molecule has 2 aromatic rings. The topological polar surface area (TPSA) is 106 Å². The fourth-order valence-electron chi connectivity index (χ4n) is 3.31. The molecule has 9 nitrogen and oxygen atoms in total. The van der Waals surface area contributed by atoms with Crippen molar-refractivity contribution in [2.75, 3.05) is 18.9 Å². The van der Waals surface area contributed by atoms with Crippen LogP contribution in [0.15, 0.2) is 30.5 Å². The minimum Gasteiger partial charge on any atom is -0.473 e. The molecule has 1 saturated carbocycles. The molecule has 10 heteroatoms. The van der Waals surface area contributed by atoms with E-state index in [9.17, 15) is 14.0 Å². The molecular formula is C28H36FN5O4. The predicted octanol–water partition coefficient (Wildman–Crippen LogP) is 4.79. The van der Waals surface area contributed by atoms with Gasteiger partial charge >= 0.3 is 6.09 Å². The summed E-state index contributed by atoms with van der Waals surface area (Å²) in [6.07, 6.45) is 5.33. The van der Waals surface area contributed by atoms with E-state index in [0.717, 1.165) is 19.3 Å². The predicted molar refractivity (Wildman–Crippen MR) is 143 cm³/mol. The van der Waals surface area contributed by atoms with E-state index in [2.05, 4.69) is 32.4 Å². The van der Waals surface area contributed by atoms with Crippen molar-refractivity contribution in [1.29, 1.82) is 0 Å². The van der Waals surface area contributed by atoms with Gasteiger partial charge in [0.1, 0.15) is 29.1 Å². The minimum atomic E-state index is -0.668. The summed E-state index contributed by atoms with van der Waals surface area (Å²) in [5.41, 5.74) is 0.469. The van der Waals surface area contributed by atoms with Crippen LogP contribution in [0.5, 0.6) is 5.88 Å². The summed E-state index contributed by atoms with van der Waals surface area (Å²) >= 11 is 0. The van der Waals surface area contributed by atoms with Gasteiger partial charge in [0.2, 0.25) is 17.7 Å². The molecule has 0 unspecified atom stereocenters. The van der Waals surface area contributed by atoms with Gasteiger partial charge in [-0.05, 0) is 71.6 Å². The Kier molecular flexibility index (Phi) is 9.88. The summed E-state index contributed by atoms with van der Waals surface area (Å²) in [6.45, 7) is 7.39. The number of carbonyl (C=O) groups excluding carboxylic acids is 2. The van der Waals surface area contributed by atoms with Crippen molar-refractivity contribution in [3.63, 3.8) is 0 Å². The summed E-state index contributed by atoms with van der Waals surface area (Å²) in [4.78, 5) is 34.6. The highest BCUT2D eigenvalue weighted by molar-refractivity contribution is 5.85. The number of unbranched alkanes of at least 4 members (excludes halogenated alkanes) is 1. The summed E-state index contributed by atoms with van der Waals surface area (Å²) in [5.74, 6) is 6.21. The number of rotatable bonds is 9. The van der Waals surface area contributed by atoms with Crippen LogP contribution in [-0.4, -0.2) is 58.2 Å². The van der Waals surface area contributed by atoms with E-state index in [1.165, 1.54) is 24.1 Å². The van der Waals surface area contributed by atoms with E-state index >= 15 is 0 Å². The number of hydrogen-bond acceptors (Lipinski definition) is 7. The molecule has 2 N–H and O–H groups in total. The molecule has 1 atom stereocenters. The second-order valence-electron chi connectivity index (χ2n) is 10.2. The zero-order valence-corrected chi connectivity index (χ0v) is 22.6. The number of ether oxygens (including phenoxy) is 2. The SMILES string of the molecule is C[C@@H](C(=O)NCCCC#Cc1cnc(Nc2cccc(F)c2)nc1OC1CCC1)N(C)C(=O)OC(C)(C)C. The number of amides is 2. The quantitative estimate of drug-likeness (QED) is 0.358. The molecule has 1 aliphatic carbocycles. The van der Waals surface area contributed by atoms with Crippen molar-refractivity contribution >= 4 is 23.6 Å². The number of nitrogens with zero attached hydrogens (tertiary/aromatic N) is 3. The van der Waals surface area contributed by atoms with E-state index in [-0.39, 0.29) is 17.8 Å². The first-order chi connectivity index (χ1) is 18.0. The highest BCUT2D eigenvalue weighted by Crippen LogP contribution is 2.27. The fraction of sp³-hybridized carbons (Fsp3) is 0.500.